The minimum absolute atomic E-state index is 0.469. The number of nitrogens with one attached hydrogen (secondary N) is 2. The van der Waals surface area contributed by atoms with Gasteiger partial charge in [0.1, 0.15) is 0 Å². The quantitative estimate of drug-likeness (QED) is 0.407. The van der Waals surface area contributed by atoms with Crippen LogP contribution in [0.15, 0.2) is 4.99 Å². The highest BCUT2D eigenvalue weighted by Gasteiger charge is 2.19. The highest BCUT2D eigenvalue weighted by molar-refractivity contribution is 5.80. The lowest BCUT2D eigenvalue weighted by molar-refractivity contribution is 0.480. The van der Waals surface area contributed by atoms with E-state index in [-0.39, 0.29) is 0 Å². The summed E-state index contributed by atoms with van der Waals surface area (Å²) in [4.78, 5) is 4.63. The molecule has 2 N–H and O–H groups in total. The van der Waals surface area contributed by atoms with Gasteiger partial charge in [-0.15, -0.1) is 0 Å². The van der Waals surface area contributed by atoms with E-state index in [2.05, 4.69) is 43.3 Å². The molecule has 1 atom stereocenters. The van der Waals surface area contributed by atoms with Crippen LogP contribution in [0.4, 0.5) is 0 Å². The van der Waals surface area contributed by atoms with Gasteiger partial charge in [0.2, 0.25) is 0 Å². The first-order chi connectivity index (χ1) is 8.13. The molecule has 3 heteroatoms. The van der Waals surface area contributed by atoms with E-state index in [1.54, 1.807) is 0 Å². The molecule has 0 bridgehead atoms. The third kappa shape index (κ3) is 6.54. The lowest BCUT2D eigenvalue weighted by Gasteiger charge is -2.20. The molecule has 1 unspecified atom stereocenters. The van der Waals surface area contributed by atoms with E-state index in [1.165, 1.54) is 25.7 Å². The van der Waals surface area contributed by atoms with Crippen molar-refractivity contribution in [2.75, 3.05) is 13.1 Å². The molecule has 17 heavy (non-hydrogen) atoms. The number of rotatable bonds is 7. The fraction of sp³-hybridized carbons (Fsp3) is 0.929. The number of guanidine groups is 1. The summed E-state index contributed by atoms with van der Waals surface area (Å²) in [6.45, 7) is 10.7. The molecule has 0 aromatic rings. The summed E-state index contributed by atoms with van der Waals surface area (Å²) in [5.41, 5.74) is 0. The lowest BCUT2D eigenvalue weighted by atomic mass is 10.1. The molecule has 1 fully saturated rings. The molecular weight excluding hydrogens is 210 g/mol. The predicted octanol–water partition coefficient (Wildman–Crippen LogP) is 2.78. The first kappa shape index (κ1) is 14.3. The summed E-state index contributed by atoms with van der Waals surface area (Å²) in [5, 5.41) is 6.77. The zero-order chi connectivity index (χ0) is 12.7. The van der Waals surface area contributed by atoms with Crippen molar-refractivity contribution in [3.8, 4) is 0 Å². The van der Waals surface area contributed by atoms with Crippen LogP contribution in [-0.4, -0.2) is 25.1 Å². The van der Waals surface area contributed by atoms with Gasteiger partial charge < -0.3 is 10.6 Å². The standard InChI is InChI=1S/C14H29N3/c1-5-15-14(17-12(4)11(2)3)16-10-6-7-13-8-9-13/h11-13H,5-10H2,1-4H3,(H2,15,16,17). The molecule has 1 saturated carbocycles. The summed E-state index contributed by atoms with van der Waals surface area (Å²) in [6.07, 6.45) is 5.50. The molecule has 3 nitrogen and oxygen atoms in total. The largest absolute Gasteiger partial charge is 0.357 e. The first-order valence-electron chi connectivity index (χ1n) is 7.18. The summed E-state index contributed by atoms with van der Waals surface area (Å²) in [7, 11) is 0. The molecule has 1 aliphatic carbocycles. The number of hydrogen-bond donors (Lipinski definition) is 2. The van der Waals surface area contributed by atoms with Crippen LogP contribution in [-0.2, 0) is 0 Å². The second-order valence-electron chi connectivity index (χ2n) is 5.52. The van der Waals surface area contributed by atoms with Gasteiger partial charge in [-0.25, -0.2) is 0 Å². The summed E-state index contributed by atoms with van der Waals surface area (Å²) < 4.78 is 0. The van der Waals surface area contributed by atoms with Crippen molar-refractivity contribution in [2.24, 2.45) is 16.8 Å². The molecule has 0 saturated heterocycles. The van der Waals surface area contributed by atoms with E-state index in [0.717, 1.165) is 25.0 Å². The zero-order valence-corrected chi connectivity index (χ0v) is 11.9. The van der Waals surface area contributed by atoms with Crippen LogP contribution in [0.3, 0.4) is 0 Å². The molecule has 0 heterocycles. The topological polar surface area (TPSA) is 36.4 Å². The van der Waals surface area contributed by atoms with Crippen molar-refractivity contribution in [2.45, 2.75) is 59.4 Å². The Balaban J connectivity index is 2.25. The van der Waals surface area contributed by atoms with E-state index >= 15 is 0 Å². The van der Waals surface area contributed by atoms with Gasteiger partial charge in [0.15, 0.2) is 5.96 Å². The fourth-order valence-electron chi connectivity index (χ4n) is 1.68. The van der Waals surface area contributed by atoms with E-state index in [1.807, 2.05) is 0 Å². The first-order valence-corrected chi connectivity index (χ1v) is 7.18. The maximum atomic E-state index is 4.63. The van der Waals surface area contributed by atoms with Crippen LogP contribution in [0.25, 0.3) is 0 Å². The van der Waals surface area contributed by atoms with Crippen molar-refractivity contribution < 1.29 is 0 Å². The van der Waals surface area contributed by atoms with Crippen LogP contribution in [0, 0.1) is 11.8 Å². The maximum absolute atomic E-state index is 4.63. The van der Waals surface area contributed by atoms with E-state index in [0.29, 0.717) is 12.0 Å². The Hall–Kier alpha value is -0.730. The van der Waals surface area contributed by atoms with Gasteiger partial charge in [-0.05, 0) is 38.5 Å². The monoisotopic (exact) mass is 239 g/mol. The van der Waals surface area contributed by atoms with Gasteiger partial charge in [-0.1, -0.05) is 26.7 Å². The van der Waals surface area contributed by atoms with Crippen LogP contribution in [0.5, 0.6) is 0 Å². The van der Waals surface area contributed by atoms with Gasteiger partial charge in [0, 0.05) is 19.1 Å². The van der Waals surface area contributed by atoms with Gasteiger partial charge in [0.05, 0.1) is 0 Å². The second-order valence-corrected chi connectivity index (χ2v) is 5.52. The second kappa shape index (κ2) is 7.57. The zero-order valence-electron chi connectivity index (χ0n) is 11.9. The van der Waals surface area contributed by atoms with E-state index in [4.69, 9.17) is 0 Å². The number of hydrogen-bond acceptors (Lipinski definition) is 1. The third-order valence-electron chi connectivity index (χ3n) is 3.45. The molecule has 0 spiro atoms. The minimum atomic E-state index is 0.469. The van der Waals surface area contributed by atoms with Crippen molar-refractivity contribution in [1.82, 2.24) is 10.6 Å². The van der Waals surface area contributed by atoms with Crippen LogP contribution < -0.4 is 10.6 Å². The number of nitrogens with zero attached hydrogens (tertiary/aromatic N) is 1. The van der Waals surface area contributed by atoms with E-state index < -0.39 is 0 Å². The molecule has 1 aliphatic rings. The highest BCUT2D eigenvalue weighted by Crippen LogP contribution is 2.33. The molecule has 100 valence electrons. The Bertz CT molecular complexity index is 232. The minimum Gasteiger partial charge on any atom is -0.357 e. The molecule has 1 rings (SSSR count). The summed E-state index contributed by atoms with van der Waals surface area (Å²) in [5.74, 6) is 2.63. The Morgan fingerprint density at radius 3 is 2.53 bits per heavy atom. The molecule has 0 aromatic carbocycles. The van der Waals surface area contributed by atoms with Crippen LogP contribution in [0.2, 0.25) is 0 Å². The third-order valence-corrected chi connectivity index (χ3v) is 3.45. The average molecular weight is 239 g/mol. The number of aliphatic imine (C=N–C) groups is 1. The smallest absolute Gasteiger partial charge is 0.191 e. The summed E-state index contributed by atoms with van der Waals surface area (Å²) in [6, 6.07) is 0.469. The van der Waals surface area contributed by atoms with Crippen molar-refractivity contribution in [1.29, 1.82) is 0 Å². The summed E-state index contributed by atoms with van der Waals surface area (Å²) >= 11 is 0. The Labute approximate surface area is 106 Å². The van der Waals surface area contributed by atoms with Crippen LogP contribution >= 0.6 is 0 Å². The molecule has 0 aromatic heterocycles. The lowest BCUT2D eigenvalue weighted by Crippen LogP contribution is -2.44. The van der Waals surface area contributed by atoms with Gasteiger partial charge in [0.25, 0.3) is 0 Å². The van der Waals surface area contributed by atoms with Crippen molar-refractivity contribution >= 4 is 5.96 Å². The fourth-order valence-corrected chi connectivity index (χ4v) is 1.68. The van der Waals surface area contributed by atoms with Gasteiger partial charge in [-0.3, -0.25) is 4.99 Å². The highest BCUT2D eigenvalue weighted by atomic mass is 15.2. The Morgan fingerprint density at radius 2 is 2.00 bits per heavy atom. The molecule has 0 radical (unpaired) electrons. The average Bonchev–Trinajstić information content (AvgIpc) is 3.08. The van der Waals surface area contributed by atoms with E-state index in [9.17, 15) is 0 Å². The van der Waals surface area contributed by atoms with Crippen molar-refractivity contribution in [3.05, 3.63) is 0 Å². The van der Waals surface area contributed by atoms with Gasteiger partial charge >= 0.3 is 0 Å². The maximum Gasteiger partial charge on any atom is 0.191 e. The van der Waals surface area contributed by atoms with Gasteiger partial charge in [-0.2, -0.15) is 0 Å². The molecular formula is C14H29N3. The van der Waals surface area contributed by atoms with Crippen LogP contribution in [0.1, 0.15) is 53.4 Å². The van der Waals surface area contributed by atoms with Crippen molar-refractivity contribution in [3.63, 3.8) is 0 Å². The molecule has 0 amide bonds. The SMILES string of the molecule is CCNC(=NCCCC1CC1)NC(C)C(C)C. The molecule has 0 aliphatic heterocycles. The normalized spacial score (nSPS) is 18.3. The Kier molecular flexibility index (Phi) is 6.38. The Morgan fingerprint density at radius 1 is 1.29 bits per heavy atom. The predicted molar refractivity (Wildman–Crippen MR) is 75.4 cm³/mol.